The molecular weight excluding hydrogens is 148 g/mol. The van der Waals surface area contributed by atoms with Crippen molar-refractivity contribution in [3.63, 3.8) is 0 Å². The van der Waals surface area contributed by atoms with Crippen LogP contribution < -0.4 is 0 Å². The van der Waals surface area contributed by atoms with E-state index in [1.807, 2.05) is 37.3 Å². The fourth-order valence-corrected chi connectivity index (χ4v) is 1.52. The van der Waals surface area contributed by atoms with Gasteiger partial charge in [-0.2, -0.15) is 0 Å². The molecule has 1 N–H and O–H groups in total. The molecule has 0 saturated carbocycles. The predicted octanol–water partition coefficient (Wildman–Crippen LogP) is 2.02. The normalized spacial score (nSPS) is 27.7. The molecule has 1 atom stereocenters. The van der Waals surface area contributed by atoms with Crippen LogP contribution in [0.5, 0.6) is 0 Å². The summed E-state index contributed by atoms with van der Waals surface area (Å²) < 4.78 is 0. The van der Waals surface area contributed by atoms with Crippen molar-refractivity contribution in [2.75, 3.05) is 0 Å². The van der Waals surface area contributed by atoms with Gasteiger partial charge in [0.15, 0.2) is 0 Å². The zero-order valence-corrected chi connectivity index (χ0v) is 7.04. The molecule has 2 rings (SSSR count). The topological polar surface area (TPSA) is 20.2 Å². The molecule has 1 aliphatic rings. The summed E-state index contributed by atoms with van der Waals surface area (Å²) in [7, 11) is 0. The predicted molar refractivity (Wildman–Crippen MR) is 48.5 cm³/mol. The van der Waals surface area contributed by atoms with Gasteiger partial charge in [0.25, 0.3) is 0 Å². The number of benzene rings is 1. The number of aliphatic hydroxyl groups is 1. The lowest BCUT2D eigenvalue weighted by atomic mass is 9.80. The van der Waals surface area contributed by atoms with Gasteiger partial charge in [-0.3, -0.25) is 0 Å². The molecular formula is C11H11O. The highest BCUT2D eigenvalue weighted by atomic mass is 16.3. The monoisotopic (exact) mass is 159 g/mol. The van der Waals surface area contributed by atoms with Crippen LogP contribution in [0.3, 0.4) is 0 Å². The van der Waals surface area contributed by atoms with E-state index in [1.165, 1.54) is 11.1 Å². The standard InChI is InChI=1S/C11H11O/c1-11(12)7-10(8-11)9-5-3-2-4-6-9/h3-7,12H,8H2,1H3. The maximum atomic E-state index is 9.46. The summed E-state index contributed by atoms with van der Waals surface area (Å²) in [5, 5.41) is 9.46. The highest BCUT2D eigenvalue weighted by Gasteiger charge is 2.29. The molecule has 0 saturated heterocycles. The molecule has 0 heterocycles. The molecule has 1 aromatic carbocycles. The van der Waals surface area contributed by atoms with Crippen LogP contribution in [-0.4, -0.2) is 10.7 Å². The third kappa shape index (κ3) is 1.28. The molecule has 61 valence electrons. The Bertz CT molecular complexity index is 309. The lowest BCUT2D eigenvalue weighted by Gasteiger charge is -2.31. The second-order valence-electron chi connectivity index (χ2n) is 3.49. The van der Waals surface area contributed by atoms with E-state index in [4.69, 9.17) is 0 Å². The van der Waals surface area contributed by atoms with Crippen molar-refractivity contribution in [1.29, 1.82) is 0 Å². The largest absolute Gasteiger partial charge is 0.386 e. The Kier molecular flexibility index (Phi) is 1.55. The van der Waals surface area contributed by atoms with Crippen molar-refractivity contribution in [1.82, 2.24) is 0 Å². The van der Waals surface area contributed by atoms with E-state index in [0.29, 0.717) is 0 Å². The highest BCUT2D eigenvalue weighted by molar-refractivity contribution is 5.73. The van der Waals surface area contributed by atoms with E-state index >= 15 is 0 Å². The van der Waals surface area contributed by atoms with Gasteiger partial charge in [0, 0.05) is 6.42 Å². The number of hydrogen-bond donors (Lipinski definition) is 1. The molecule has 1 radical (unpaired) electrons. The molecule has 0 spiro atoms. The van der Waals surface area contributed by atoms with E-state index in [9.17, 15) is 5.11 Å². The van der Waals surface area contributed by atoms with Crippen LogP contribution in [0.2, 0.25) is 0 Å². The molecule has 12 heavy (non-hydrogen) atoms. The average molecular weight is 159 g/mol. The Labute approximate surface area is 72.4 Å². The first-order chi connectivity index (χ1) is 5.67. The molecule has 0 amide bonds. The van der Waals surface area contributed by atoms with Crippen molar-refractivity contribution < 1.29 is 5.11 Å². The summed E-state index contributed by atoms with van der Waals surface area (Å²) in [6.07, 6.45) is 2.67. The van der Waals surface area contributed by atoms with Gasteiger partial charge < -0.3 is 5.11 Å². The second-order valence-corrected chi connectivity index (χ2v) is 3.49. The summed E-state index contributed by atoms with van der Waals surface area (Å²) in [4.78, 5) is 0. The van der Waals surface area contributed by atoms with Gasteiger partial charge in [0.1, 0.15) is 0 Å². The molecule has 0 bridgehead atoms. The third-order valence-electron chi connectivity index (χ3n) is 2.12. The molecule has 1 unspecified atom stereocenters. The molecule has 1 heteroatoms. The van der Waals surface area contributed by atoms with E-state index in [0.717, 1.165) is 6.42 Å². The van der Waals surface area contributed by atoms with Gasteiger partial charge in [0.05, 0.1) is 5.60 Å². The SMILES string of the molecule is CC1(O)C=C(c2cc[c]cc2)C1. The Hall–Kier alpha value is -1.08. The molecule has 0 aliphatic heterocycles. The Morgan fingerprint density at radius 2 is 2.00 bits per heavy atom. The second kappa shape index (κ2) is 2.46. The van der Waals surface area contributed by atoms with Gasteiger partial charge in [0.2, 0.25) is 0 Å². The number of rotatable bonds is 1. The maximum absolute atomic E-state index is 9.46. The Balaban J connectivity index is 2.26. The first-order valence-electron chi connectivity index (χ1n) is 4.08. The van der Waals surface area contributed by atoms with Crippen molar-refractivity contribution >= 4 is 5.57 Å². The molecule has 0 aromatic heterocycles. The van der Waals surface area contributed by atoms with Crippen molar-refractivity contribution in [3.8, 4) is 0 Å². The van der Waals surface area contributed by atoms with Gasteiger partial charge in [-0.05, 0) is 30.2 Å². The first-order valence-corrected chi connectivity index (χ1v) is 4.08. The molecule has 1 aliphatic carbocycles. The van der Waals surface area contributed by atoms with Crippen LogP contribution in [0, 0.1) is 6.07 Å². The minimum absolute atomic E-state index is 0.575. The van der Waals surface area contributed by atoms with Gasteiger partial charge >= 0.3 is 0 Å². The quantitative estimate of drug-likeness (QED) is 0.664. The Morgan fingerprint density at radius 3 is 2.50 bits per heavy atom. The summed E-state index contributed by atoms with van der Waals surface area (Å²) in [6.45, 7) is 1.82. The number of hydrogen-bond acceptors (Lipinski definition) is 1. The summed E-state index contributed by atoms with van der Waals surface area (Å²) in [5.41, 5.74) is 1.85. The van der Waals surface area contributed by atoms with E-state index < -0.39 is 5.60 Å². The van der Waals surface area contributed by atoms with E-state index in [1.54, 1.807) is 0 Å². The third-order valence-corrected chi connectivity index (χ3v) is 2.12. The summed E-state index contributed by atoms with van der Waals surface area (Å²) in [5.74, 6) is 0. The van der Waals surface area contributed by atoms with E-state index in [2.05, 4.69) is 6.07 Å². The van der Waals surface area contributed by atoms with Crippen LogP contribution in [0.1, 0.15) is 18.9 Å². The minimum Gasteiger partial charge on any atom is -0.386 e. The van der Waals surface area contributed by atoms with Crippen LogP contribution >= 0.6 is 0 Å². The van der Waals surface area contributed by atoms with Gasteiger partial charge in [-0.1, -0.05) is 24.3 Å². The minimum atomic E-state index is -0.575. The fourth-order valence-electron chi connectivity index (χ4n) is 1.52. The van der Waals surface area contributed by atoms with Crippen LogP contribution in [0.4, 0.5) is 0 Å². The van der Waals surface area contributed by atoms with Crippen LogP contribution in [0.25, 0.3) is 5.57 Å². The lowest BCUT2D eigenvalue weighted by molar-refractivity contribution is 0.103. The van der Waals surface area contributed by atoms with Crippen molar-refractivity contribution in [3.05, 3.63) is 42.0 Å². The summed E-state index contributed by atoms with van der Waals surface area (Å²) >= 11 is 0. The lowest BCUT2D eigenvalue weighted by Crippen LogP contribution is -2.29. The highest BCUT2D eigenvalue weighted by Crippen LogP contribution is 2.36. The zero-order valence-electron chi connectivity index (χ0n) is 7.04. The maximum Gasteiger partial charge on any atom is 0.0845 e. The smallest absolute Gasteiger partial charge is 0.0845 e. The van der Waals surface area contributed by atoms with Crippen molar-refractivity contribution in [2.45, 2.75) is 18.9 Å². The Morgan fingerprint density at radius 1 is 1.42 bits per heavy atom. The summed E-state index contributed by atoms with van der Waals surface area (Å²) in [6, 6.07) is 10.8. The van der Waals surface area contributed by atoms with Crippen molar-refractivity contribution in [2.24, 2.45) is 0 Å². The first kappa shape index (κ1) is 7.56. The molecule has 1 nitrogen and oxygen atoms in total. The van der Waals surface area contributed by atoms with Crippen LogP contribution in [0.15, 0.2) is 30.3 Å². The van der Waals surface area contributed by atoms with Crippen LogP contribution in [-0.2, 0) is 0 Å². The molecule has 0 fully saturated rings. The van der Waals surface area contributed by atoms with Gasteiger partial charge in [-0.15, -0.1) is 0 Å². The van der Waals surface area contributed by atoms with Gasteiger partial charge in [-0.25, -0.2) is 0 Å². The average Bonchev–Trinajstić information content (AvgIpc) is 2.02. The van der Waals surface area contributed by atoms with E-state index in [-0.39, 0.29) is 0 Å². The zero-order chi connectivity index (χ0) is 8.60. The molecule has 1 aromatic rings. The fraction of sp³-hybridized carbons (Fsp3) is 0.273.